The van der Waals surface area contributed by atoms with Crippen LogP contribution < -0.4 is 5.32 Å². The summed E-state index contributed by atoms with van der Waals surface area (Å²) >= 11 is 0. The van der Waals surface area contributed by atoms with Gasteiger partial charge in [-0.25, -0.2) is 4.98 Å². The van der Waals surface area contributed by atoms with Crippen LogP contribution in [0.5, 0.6) is 0 Å². The third kappa shape index (κ3) is 4.91. The molecule has 1 fully saturated rings. The molecular formula is C16H28N2O2. The Balaban J connectivity index is 1.60. The predicted molar refractivity (Wildman–Crippen MR) is 79.8 cm³/mol. The molecule has 4 heteroatoms. The maximum absolute atomic E-state index is 5.81. The van der Waals surface area contributed by atoms with Gasteiger partial charge in [0, 0.05) is 19.4 Å². The summed E-state index contributed by atoms with van der Waals surface area (Å²) in [6.07, 6.45) is 8.96. The summed E-state index contributed by atoms with van der Waals surface area (Å²) < 4.78 is 11.4. The van der Waals surface area contributed by atoms with E-state index < -0.39 is 0 Å². The van der Waals surface area contributed by atoms with Gasteiger partial charge in [-0.05, 0) is 51.6 Å². The minimum Gasteiger partial charge on any atom is -0.446 e. The Hall–Kier alpha value is -0.870. The standard InChI is InChI=1S/C16H28N2O2/c1-3-7-17-8-5-6-16-18-12-15(20-16)11-13-9-14(10-13)19-4-2/h12-14,17H,3-11H2,1-2H3. The highest BCUT2D eigenvalue weighted by Crippen LogP contribution is 2.32. The van der Waals surface area contributed by atoms with E-state index in [-0.39, 0.29) is 0 Å². The molecule has 0 aromatic carbocycles. The highest BCUT2D eigenvalue weighted by molar-refractivity contribution is 4.98. The Bertz CT molecular complexity index is 372. The molecule has 1 heterocycles. The monoisotopic (exact) mass is 280 g/mol. The summed E-state index contributed by atoms with van der Waals surface area (Å²) in [5.41, 5.74) is 0. The topological polar surface area (TPSA) is 47.3 Å². The number of rotatable bonds is 10. The van der Waals surface area contributed by atoms with Crippen LogP contribution >= 0.6 is 0 Å². The van der Waals surface area contributed by atoms with Crippen molar-refractivity contribution in [3.63, 3.8) is 0 Å². The molecule has 0 spiro atoms. The minimum atomic E-state index is 0.483. The molecule has 4 nitrogen and oxygen atoms in total. The zero-order chi connectivity index (χ0) is 14.2. The summed E-state index contributed by atoms with van der Waals surface area (Å²) in [5, 5.41) is 3.40. The molecule has 1 aliphatic carbocycles. The molecule has 1 saturated carbocycles. The van der Waals surface area contributed by atoms with Gasteiger partial charge in [-0.3, -0.25) is 0 Å². The molecule has 0 aliphatic heterocycles. The fourth-order valence-electron chi connectivity index (χ4n) is 2.72. The van der Waals surface area contributed by atoms with Gasteiger partial charge in [0.15, 0.2) is 5.89 Å². The zero-order valence-corrected chi connectivity index (χ0v) is 12.9. The summed E-state index contributed by atoms with van der Waals surface area (Å²) in [7, 11) is 0. The second-order valence-corrected chi connectivity index (χ2v) is 5.69. The Morgan fingerprint density at radius 1 is 1.35 bits per heavy atom. The number of aromatic nitrogens is 1. The van der Waals surface area contributed by atoms with Gasteiger partial charge in [0.1, 0.15) is 5.76 Å². The Morgan fingerprint density at radius 2 is 2.20 bits per heavy atom. The Kier molecular flexibility index (Phi) is 6.54. The molecule has 1 N–H and O–H groups in total. The average molecular weight is 280 g/mol. The third-order valence-electron chi connectivity index (χ3n) is 3.86. The first-order chi connectivity index (χ1) is 9.81. The number of hydrogen-bond donors (Lipinski definition) is 1. The van der Waals surface area contributed by atoms with Crippen LogP contribution in [-0.4, -0.2) is 30.8 Å². The first-order valence-electron chi connectivity index (χ1n) is 8.07. The van der Waals surface area contributed by atoms with Crippen LogP contribution in [0.3, 0.4) is 0 Å². The quantitative estimate of drug-likeness (QED) is 0.669. The van der Waals surface area contributed by atoms with E-state index in [1.54, 1.807) is 0 Å². The molecule has 0 saturated heterocycles. The van der Waals surface area contributed by atoms with Crippen molar-refractivity contribution in [2.75, 3.05) is 19.7 Å². The minimum absolute atomic E-state index is 0.483. The summed E-state index contributed by atoms with van der Waals surface area (Å²) in [6.45, 7) is 7.22. The average Bonchev–Trinajstić information content (AvgIpc) is 2.84. The van der Waals surface area contributed by atoms with Crippen molar-refractivity contribution in [3.05, 3.63) is 17.8 Å². The number of oxazole rings is 1. The van der Waals surface area contributed by atoms with Gasteiger partial charge in [0.25, 0.3) is 0 Å². The predicted octanol–water partition coefficient (Wildman–Crippen LogP) is 2.96. The Morgan fingerprint density at radius 3 is 2.95 bits per heavy atom. The fourth-order valence-corrected chi connectivity index (χ4v) is 2.72. The lowest BCUT2D eigenvalue weighted by Crippen LogP contribution is -2.32. The molecule has 1 aromatic rings. The van der Waals surface area contributed by atoms with Crippen molar-refractivity contribution < 1.29 is 9.15 Å². The van der Waals surface area contributed by atoms with Gasteiger partial charge in [-0.2, -0.15) is 0 Å². The third-order valence-corrected chi connectivity index (χ3v) is 3.86. The Labute approximate surface area is 122 Å². The van der Waals surface area contributed by atoms with Crippen molar-refractivity contribution in [2.24, 2.45) is 5.92 Å². The molecule has 1 aliphatic rings. The lowest BCUT2D eigenvalue weighted by molar-refractivity contribution is -0.0252. The molecule has 0 bridgehead atoms. The van der Waals surface area contributed by atoms with Crippen LogP contribution in [0.1, 0.15) is 51.2 Å². The van der Waals surface area contributed by atoms with Crippen LogP contribution in [0.2, 0.25) is 0 Å². The van der Waals surface area contributed by atoms with E-state index >= 15 is 0 Å². The second kappa shape index (κ2) is 8.42. The van der Waals surface area contributed by atoms with Gasteiger partial charge < -0.3 is 14.5 Å². The molecule has 114 valence electrons. The first kappa shape index (κ1) is 15.5. The van der Waals surface area contributed by atoms with Crippen LogP contribution in [-0.2, 0) is 17.6 Å². The summed E-state index contributed by atoms with van der Waals surface area (Å²) in [6, 6.07) is 0. The smallest absolute Gasteiger partial charge is 0.194 e. The molecule has 1 aromatic heterocycles. The van der Waals surface area contributed by atoms with Crippen LogP contribution in [0.4, 0.5) is 0 Å². The molecule has 2 rings (SSSR count). The summed E-state index contributed by atoms with van der Waals surface area (Å²) in [4.78, 5) is 4.38. The molecular weight excluding hydrogens is 252 g/mol. The maximum atomic E-state index is 5.81. The van der Waals surface area contributed by atoms with E-state index in [1.165, 1.54) is 19.3 Å². The number of hydrogen-bond acceptors (Lipinski definition) is 4. The van der Waals surface area contributed by atoms with Crippen LogP contribution in [0, 0.1) is 5.92 Å². The fraction of sp³-hybridized carbons (Fsp3) is 0.812. The van der Waals surface area contributed by atoms with Gasteiger partial charge in [0.05, 0.1) is 12.3 Å². The number of nitrogens with zero attached hydrogens (tertiary/aromatic N) is 1. The van der Waals surface area contributed by atoms with E-state index in [1.807, 2.05) is 6.20 Å². The molecule has 0 atom stereocenters. The normalized spacial score (nSPS) is 21.9. The van der Waals surface area contributed by atoms with Crippen molar-refractivity contribution in [3.8, 4) is 0 Å². The van der Waals surface area contributed by atoms with E-state index in [9.17, 15) is 0 Å². The van der Waals surface area contributed by atoms with Gasteiger partial charge in [-0.15, -0.1) is 0 Å². The number of ether oxygens (including phenoxy) is 1. The molecule has 0 amide bonds. The number of aryl methyl sites for hydroxylation is 1. The first-order valence-corrected chi connectivity index (χ1v) is 8.07. The highest BCUT2D eigenvalue weighted by Gasteiger charge is 2.30. The molecule has 0 radical (unpaired) electrons. The lowest BCUT2D eigenvalue weighted by Gasteiger charge is -2.34. The van der Waals surface area contributed by atoms with Crippen LogP contribution in [0.25, 0.3) is 0 Å². The summed E-state index contributed by atoms with van der Waals surface area (Å²) in [5.74, 6) is 2.65. The van der Waals surface area contributed by atoms with E-state index in [0.29, 0.717) is 6.10 Å². The van der Waals surface area contributed by atoms with E-state index in [0.717, 1.165) is 56.5 Å². The molecule has 0 unspecified atom stereocenters. The van der Waals surface area contributed by atoms with Crippen molar-refractivity contribution in [1.82, 2.24) is 10.3 Å². The molecule has 20 heavy (non-hydrogen) atoms. The number of nitrogens with one attached hydrogen (secondary N) is 1. The van der Waals surface area contributed by atoms with E-state index in [4.69, 9.17) is 9.15 Å². The van der Waals surface area contributed by atoms with Crippen molar-refractivity contribution >= 4 is 0 Å². The lowest BCUT2D eigenvalue weighted by atomic mass is 9.79. The van der Waals surface area contributed by atoms with Crippen molar-refractivity contribution in [1.29, 1.82) is 0 Å². The highest BCUT2D eigenvalue weighted by atomic mass is 16.5. The largest absolute Gasteiger partial charge is 0.446 e. The van der Waals surface area contributed by atoms with Gasteiger partial charge >= 0.3 is 0 Å². The van der Waals surface area contributed by atoms with E-state index in [2.05, 4.69) is 24.1 Å². The van der Waals surface area contributed by atoms with Crippen LogP contribution in [0.15, 0.2) is 10.6 Å². The SMILES string of the molecule is CCCNCCCc1ncc(CC2CC(OCC)C2)o1. The van der Waals surface area contributed by atoms with Gasteiger partial charge in [0.2, 0.25) is 0 Å². The van der Waals surface area contributed by atoms with Crippen molar-refractivity contribution in [2.45, 2.75) is 58.5 Å². The zero-order valence-electron chi connectivity index (χ0n) is 12.9. The second-order valence-electron chi connectivity index (χ2n) is 5.69. The maximum Gasteiger partial charge on any atom is 0.194 e. The van der Waals surface area contributed by atoms with Gasteiger partial charge in [-0.1, -0.05) is 6.92 Å².